The van der Waals surface area contributed by atoms with Gasteiger partial charge in [-0.1, -0.05) is 11.6 Å². The molecule has 0 aliphatic rings. The van der Waals surface area contributed by atoms with Crippen molar-refractivity contribution < 1.29 is 9.18 Å². The van der Waals surface area contributed by atoms with Crippen LogP contribution < -0.4 is 5.32 Å². The molecule has 0 atom stereocenters. The van der Waals surface area contributed by atoms with Crippen LogP contribution >= 0.6 is 11.6 Å². The molecule has 2 aromatic rings. The van der Waals surface area contributed by atoms with E-state index >= 15 is 0 Å². The lowest BCUT2D eigenvalue weighted by Crippen LogP contribution is -2.14. The highest BCUT2D eigenvalue weighted by molar-refractivity contribution is 6.33. The van der Waals surface area contributed by atoms with Gasteiger partial charge in [0.1, 0.15) is 11.0 Å². The fourth-order valence-electron chi connectivity index (χ4n) is 1.43. The summed E-state index contributed by atoms with van der Waals surface area (Å²) in [5, 5.41) is 11.0. The maximum atomic E-state index is 13.6. The van der Waals surface area contributed by atoms with Crippen LogP contribution in [0.5, 0.6) is 0 Å². The molecule has 0 fully saturated rings. The third kappa shape index (κ3) is 2.87. The lowest BCUT2D eigenvalue weighted by atomic mass is 10.2. The van der Waals surface area contributed by atoms with Crippen molar-refractivity contribution >= 4 is 23.2 Å². The Morgan fingerprint density at radius 2 is 2.21 bits per heavy atom. The van der Waals surface area contributed by atoms with Gasteiger partial charge in [-0.15, -0.1) is 0 Å². The predicted octanol–water partition coefficient (Wildman–Crippen LogP) is 3.00. The molecule has 4 nitrogen and oxygen atoms in total. The minimum absolute atomic E-state index is 0.0241. The highest BCUT2D eigenvalue weighted by Gasteiger charge is 2.13. The number of hydrogen-bond acceptors (Lipinski definition) is 3. The van der Waals surface area contributed by atoms with Crippen LogP contribution in [-0.2, 0) is 0 Å². The number of benzene rings is 1. The van der Waals surface area contributed by atoms with E-state index in [0.717, 1.165) is 6.07 Å². The number of nitriles is 1. The molecule has 0 radical (unpaired) electrons. The Morgan fingerprint density at radius 1 is 1.42 bits per heavy atom. The van der Waals surface area contributed by atoms with Crippen LogP contribution in [0.2, 0.25) is 5.15 Å². The van der Waals surface area contributed by atoms with Crippen molar-refractivity contribution in [3.05, 3.63) is 58.6 Å². The Balaban J connectivity index is 2.25. The molecule has 1 N–H and O–H groups in total. The topological polar surface area (TPSA) is 65.8 Å². The summed E-state index contributed by atoms with van der Waals surface area (Å²) < 4.78 is 13.6. The normalized spacial score (nSPS) is 9.74. The highest BCUT2D eigenvalue weighted by Crippen LogP contribution is 2.18. The lowest BCUT2D eigenvalue weighted by molar-refractivity contribution is 0.102. The molecule has 94 valence electrons. The average Bonchev–Trinajstić information content (AvgIpc) is 2.41. The molecule has 0 aliphatic carbocycles. The van der Waals surface area contributed by atoms with Gasteiger partial charge in [0.2, 0.25) is 0 Å². The van der Waals surface area contributed by atoms with E-state index in [4.69, 9.17) is 16.9 Å². The molecule has 0 saturated carbocycles. The number of nitrogens with one attached hydrogen (secondary N) is 1. The third-order valence-electron chi connectivity index (χ3n) is 2.35. The number of rotatable bonds is 2. The SMILES string of the molecule is N#Cc1ccc(NC(=O)c2cccnc2Cl)c(F)c1. The summed E-state index contributed by atoms with van der Waals surface area (Å²) in [5.74, 6) is -1.26. The van der Waals surface area contributed by atoms with Gasteiger partial charge in [0.05, 0.1) is 22.9 Å². The fraction of sp³-hybridized carbons (Fsp3) is 0. The summed E-state index contributed by atoms with van der Waals surface area (Å²) in [6.45, 7) is 0. The predicted molar refractivity (Wildman–Crippen MR) is 68.3 cm³/mol. The molecule has 0 saturated heterocycles. The molecule has 0 aliphatic heterocycles. The Morgan fingerprint density at radius 3 is 2.84 bits per heavy atom. The monoisotopic (exact) mass is 275 g/mol. The largest absolute Gasteiger partial charge is 0.319 e. The van der Waals surface area contributed by atoms with Gasteiger partial charge in [0.25, 0.3) is 5.91 Å². The zero-order chi connectivity index (χ0) is 13.8. The molecule has 2 rings (SSSR count). The second kappa shape index (κ2) is 5.46. The first-order valence-corrected chi connectivity index (χ1v) is 5.61. The Kier molecular flexibility index (Phi) is 3.74. The molecule has 0 spiro atoms. The molecular weight excluding hydrogens is 269 g/mol. The number of hydrogen-bond donors (Lipinski definition) is 1. The van der Waals surface area contributed by atoms with E-state index in [-0.39, 0.29) is 22.0 Å². The highest BCUT2D eigenvalue weighted by atomic mass is 35.5. The van der Waals surface area contributed by atoms with E-state index in [1.54, 1.807) is 12.1 Å². The number of pyridine rings is 1. The summed E-state index contributed by atoms with van der Waals surface area (Å²) >= 11 is 5.76. The van der Waals surface area contributed by atoms with Crippen LogP contribution in [0.3, 0.4) is 0 Å². The zero-order valence-electron chi connectivity index (χ0n) is 9.52. The average molecular weight is 276 g/mol. The van der Waals surface area contributed by atoms with E-state index in [2.05, 4.69) is 10.3 Å². The van der Waals surface area contributed by atoms with E-state index in [9.17, 15) is 9.18 Å². The van der Waals surface area contributed by atoms with Crippen LogP contribution in [-0.4, -0.2) is 10.9 Å². The van der Waals surface area contributed by atoms with Gasteiger partial charge in [0.15, 0.2) is 0 Å². The molecule has 19 heavy (non-hydrogen) atoms. The van der Waals surface area contributed by atoms with Gasteiger partial charge < -0.3 is 5.32 Å². The van der Waals surface area contributed by atoms with Gasteiger partial charge in [-0.05, 0) is 30.3 Å². The first-order chi connectivity index (χ1) is 9.11. The number of nitrogens with zero attached hydrogens (tertiary/aromatic N) is 2. The van der Waals surface area contributed by atoms with E-state index in [1.165, 1.54) is 24.4 Å². The number of carbonyl (C=O) groups is 1. The summed E-state index contributed by atoms with van der Waals surface area (Å²) in [6, 6.07) is 8.60. The molecule has 1 aromatic carbocycles. The van der Waals surface area contributed by atoms with Crippen LogP contribution in [0.15, 0.2) is 36.5 Å². The second-order valence-electron chi connectivity index (χ2n) is 3.60. The summed E-state index contributed by atoms with van der Waals surface area (Å²) in [5.41, 5.74) is 0.298. The number of anilines is 1. The summed E-state index contributed by atoms with van der Waals surface area (Å²) in [6.07, 6.45) is 1.45. The first kappa shape index (κ1) is 13.0. The Labute approximate surface area is 113 Å². The van der Waals surface area contributed by atoms with E-state index in [1.807, 2.05) is 0 Å². The van der Waals surface area contributed by atoms with Gasteiger partial charge in [0, 0.05) is 6.20 Å². The van der Waals surface area contributed by atoms with Gasteiger partial charge in [-0.3, -0.25) is 4.79 Å². The molecular formula is C13H7ClFN3O. The van der Waals surface area contributed by atoms with Crippen molar-refractivity contribution in [1.82, 2.24) is 4.98 Å². The van der Waals surface area contributed by atoms with Crippen molar-refractivity contribution in [2.75, 3.05) is 5.32 Å². The summed E-state index contributed by atoms with van der Waals surface area (Å²) in [7, 11) is 0. The Hall–Kier alpha value is -2.45. The lowest BCUT2D eigenvalue weighted by Gasteiger charge is -2.07. The fourth-order valence-corrected chi connectivity index (χ4v) is 1.64. The number of amides is 1. The first-order valence-electron chi connectivity index (χ1n) is 5.23. The second-order valence-corrected chi connectivity index (χ2v) is 3.96. The molecule has 1 aromatic heterocycles. The van der Waals surface area contributed by atoms with Crippen molar-refractivity contribution in [3.63, 3.8) is 0 Å². The van der Waals surface area contributed by atoms with Crippen molar-refractivity contribution in [1.29, 1.82) is 5.26 Å². The Bertz CT molecular complexity index is 682. The molecule has 0 unspecified atom stereocenters. The van der Waals surface area contributed by atoms with Gasteiger partial charge in [-0.2, -0.15) is 5.26 Å². The number of carbonyl (C=O) groups excluding carboxylic acids is 1. The van der Waals surface area contributed by atoms with E-state index in [0.29, 0.717) is 0 Å². The molecule has 1 amide bonds. The molecule has 0 bridgehead atoms. The molecule has 1 heterocycles. The van der Waals surface area contributed by atoms with Gasteiger partial charge >= 0.3 is 0 Å². The quantitative estimate of drug-likeness (QED) is 0.857. The maximum absolute atomic E-state index is 13.6. The van der Waals surface area contributed by atoms with Crippen LogP contribution in [0.25, 0.3) is 0 Å². The van der Waals surface area contributed by atoms with Crippen LogP contribution in [0, 0.1) is 17.1 Å². The summed E-state index contributed by atoms with van der Waals surface area (Å²) in [4.78, 5) is 15.6. The molecule has 6 heteroatoms. The van der Waals surface area contributed by atoms with Crippen LogP contribution in [0.1, 0.15) is 15.9 Å². The smallest absolute Gasteiger partial charge is 0.258 e. The van der Waals surface area contributed by atoms with Crippen LogP contribution in [0.4, 0.5) is 10.1 Å². The standard InChI is InChI=1S/C13H7ClFN3O/c14-12-9(2-1-5-17-12)13(19)18-11-4-3-8(7-16)6-10(11)15/h1-6H,(H,18,19). The van der Waals surface area contributed by atoms with E-state index < -0.39 is 11.7 Å². The number of halogens is 2. The van der Waals surface area contributed by atoms with Crippen molar-refractivity contribution in [2.45, 2.75) is 0 Å². The zero-order valence-corrected chi connectivity index (χ0v) is 10.3. The maximum Gasteiger partial charge on any atom is 0.258 e. The minimum Gasteiger partial charge on any atom is -0.319 e. The van der Waals surface area contributed by atoms with Crippen molar-refractivity contribution in [2.24, 2.45) is 0 Å². The van der Waals surface area contributed by atoms with Crippen molar-refractivity contribution in [3.8, 4) is 6.07 Å². The third-order valence-corrected chi connectivity index (χ3v) is 2.65. The van der Waals surface area contributed by atoms with Gasteiger partial charge in [-0.25, -0.2) is 9.37 Å². The number of aromatic nitrogens is 1. The minimum atomic E-state index is -0.688.